The highest BCUT2D eigenvalue weighted by atomic mass is 16.3. The third kappa shape index (κ3) is 3.95. The van der Waals surface area contributed by atoms with Gasteiger partial charge in [-0.25, -0.2) is 0 Å². The number of amides is 1. The molecule has 29 heavy (non-hydrogen) atoms. The molecule has 0 aliphatic carbocycles. The lowest BCUT2D eigenvalue weighted by Crippen LogP contribution is -2.31. The van der Waals surface area contributed by atoms with Crippen molar-refractivity contribution in [1.82, 2.24) is 10.2 Å². The van der Waals surface area contributed by atoms with Crippen LogP contribution in [0.5, 0.6) is 0 Å². The quantitative estimate of drug-likeness (QED) is 0.641. The molecule has 0 saturated carbocycles. The second kappa shape index (κ2) is 8.83. The van der Waals surface area contributed by atoms with Gasteiger partial charge < -0.3 is 14.6 Å². The van der Waals surface area contributed by atoms with E-state index in [2.05, 4.69) is 41.7 Å². The fourth-order valence-corrected chi connectivity index (χ4v) is 4.60. The largest absolute Gasteiger partial charge is 0.467 e. The molecule has 1 amide bonds. The predicted molar refractivity (Wildman–Crippen MR) is 117 cm³/mol. The van der Waals surface area contributed by atoms with Gasteiger partial charge in [0.15, 0.2) is 0 Å². The number of piperidine rings is 1. The van der Waals surface area contributed by atoms with Crippen LogP contribution in [0.25, 0.3) is 10.8 Å². The highest BCUT2D eigenvalue weighted by Crippen LogP contribution is 2.40. The van der Waals surface area contributed by atoms with Crippen LogP contribution in [0.4, 0.5) is 0 Å². The van der Waals surface area contributed by atoms with E-state index in [4.69, 9.17) is 4.42 Å². The van der Waals surface area contributed by atoms with Crippen LogP contribution in [0.2, 0.25) is 0 Å². The molecule has 4 nitrogen and oxygen atoms in total. The molecule has 0 radical (unpaired) electrons. The van der Waals surface area contributed by atoms with Gasteiger partial charge in [-0.1, -0.05) is 36.4 Å². The second-order valence-corrected chi connectivity index (χ2v) is 7.85. The number of fused-ring (bicyclic) bond motifs is 1. The van der Waals surface area contributed by atoms with Crippen LogP contribution in [-0.4, -0.2) is 37.0 Å². The molecule has 3 aromatic rings. The molecule has 1 fully saturated rings. The average molecular weight is 391 g/mol. The van der Waals surface area contributed by atoms with Gasteiger partial charge in [-0.2, -0.15) is 0 Å². The molecule has 1 N–H and O–H groups in total. The Labute approximate surface area is 172 Å². The first-order chi connectivity index (χ1) is 14.2. The van der Waals surface area contributed by atoms with Crippen molar-refractivity contribution >= 4 is 16.7 Å². The zero-order valence-electron chi connectivity index (χ0n) is 17.4. The minimum absolute atomic E-state index is 0.100. The Morgan fingerprint density at radius 2 is 1.76 bits per heavy atom. The minimum Gasteiger partial charge on any atom is -0.467 e. The van der Waals surface area contributed by atoms with Crippen LogP contribution >= 0.6 is 0 Å². The summed E-state index contributed by atoms with van der Waals surface area (Å²) in [7, 11) is 0. The highest BCUT2D eigenvalue weighted by Gasteiger charge is 2.30. The van der Waals surface area contributed by atoms with Crippen molar-refractivity contribution in [2.75, 3.05) is 26.2 Å². The van der Waals surface area contributed by atoms with Crippen molar-refractivity contribution in [2.45, 2.75) is 32.6 Å². The van der Waals surface area contributed by atoms with E-state index < -0.39 is 0 Å². The summed E-state index contributed by atoms with van der Waals surface area (Å²) in [6, 6.07) is 16.6. The Morgan fingerprint density at radius 1 is 1.07 bits per heavy atom. The number of hydrogen-bond donors (Lipinski definition) is 1. The maximum atomic E-state index is 12.7. The normalized spacial score (nSPS) is 16.1. The lowest BCUT2D eigenvalue weighted by Gasteiger charge is -2.30. The summed E-state index contributed by atoms with van der Waals surface area (Å²) >= 11 is 0. The van der Waals surface area contributed by atoms with Gasteiger partial charge >= 0.3 is 0 Å². The molecule has 1 atom stereocenters. The van der Waals surface area contributed by atoms with E-state index in [0.717, 1.165) is 55.7 Å². The zero-order chi connectivity index (χ0) is 20.2. The van der Waals surface area contributed by atoms with Gasteiger partial charge in [0.2, 0.25) is 0 Å². The van der Waals surface area contributed by atoms with Crippen molar-refractivity contribution < 1.29 is 9.21 Å². The SMILES string of the molecule is CCN(CC)C(=O)c1ccc(C(c2occ3ccccc23)C2CCNCC2)cc1. The molecule has 1 saturated heterocycles. The summed E-state index contributed by atoms with van der Waals surface area (Å²) in [4.78, 5) is 14.6. The second-order valence-electron chi connectivity index (χ2n) is 7.85. The van der Waals surface area contributed by atoms with Crippen molar-refractivity contribution in [3.63, 3.8) is 0 Å². The Hall–Kier alpha value is -2.59. The van der Waals surface area contributed by atoms with E-state index >= 15 is 0 Å². The molecule has 1 aliphatic heterocycles. The van der Waals surface area contributed by atoms with Gasteiger partial charge in [0.05, 0.1) is 6.26 Å². The molecular formula is C25H30N2O2. The molecule has 4 heteroatoms. The average Bonchev–Trinajstić information content (AvgIpc) is 3.20. The molecule has 0 bridgehead atoms. The number of carbonyl (C=O) groups is 1. The van der Waals surface area contributed by atoms with E-state index in [1.165, 1.54) is 10.9 Å². The first kappa shape index (κ1) is 19.7. The number of benzene rings is 2. The fourth-order valence-electron chi connectivity index (χ4n) is 4.60. The van der Waals surface area contributed by atoms with E-state index in [1.54, 1.807) is 0 Å². The highest BCUT2D eigenvalue weighted by molar-refractivity contribution is 5.94. The summed E-state index contributed by atoms with van der Waals surface area (Å²) in [6.07, 6.45) is 4.12. The van der Waals surface area contributed by atoms with Crippen LogP contribution in [0.15, 0.2) is 59.2 Å². The number of furan rings is 1. The lowest BCUT2D eigenvalue weighted by molar-refractivity contribution is 0.0773. The Morgan fingerprint density at radius 3 is 2.45 bits per heavy atom. The summed E-state index contributed by atoms with van der Waals surface area (Å²) in [5.41, 5.74) is 1.99. The van der Waals surface area contributed by atoms with Crippen molar-refractivity contribution in [3.05, 3.63) is 71.7 Å². The lowest BCUT2D eigenvalue weighted by atomic mass is 9.78. The number of carbonyl (C=O) groups excluding carboxylic acids is 1. The predicted octanol–water partition coefficient (Wildman–Crippen LogP) is 5.05. The Kier molecular flexibility index (Phi) is 6.00. The topological polar surface area (TPSA) is 45.5 Å². The van der Waals surface area contributed by atoms with Gasteiger partial charge in [-0.15, -0.1) is 0 Å². The van der Waals surface area contributed by atoms with Crippen molar-refractivity contribution in [3.8, 4) is 0 Å². The van der Waals surface area contributed by atoms with Crippen LogP contribution in [0.1, 0.15) is 54.3 Å². The number of nitrogens with one attached hydrogen (secondary N) is 1. The first-order valence-electron chi connectivity index (χ1n) is 10.8. The maximum absolute atomic E-state index is 12.7. The van der Waals surface area contributed by atoms with Gasteiger partial charge in [0.25, 0.3) is 5.91 Å². The van der Waals surface area contributed by atoms with Crippen LogP contribution in [0, 0.1) is 5.92 Å². The van der Waals surface area contributed by atoms with Crippen LogP contribution < -0.4 is 5.32 Å². The number of hydrogen-bond acceptors (Lipinski definition) is 3. The van der Waals surface area contributed by atoms with Gasteiger partial charge in [-0.05, 0) is 63.4 Å². The third-order valence-electron chi connectivity index (χ3n) is 6.24. The van der Waals surface area contributed by atoms with E-state index in [-0.39, 0.29) is 11.8 Å². The monoisotopic (exact) mass is 390 g/mol. The number of nitrogens with zero attached hydrogens (tertiary/aromatic N) is 1. The van der Waals surface area contributed by atoms with Crippen molar-refractivity contribution in [2.24, 2.45) is 5.92 Å². The number of rotatable bonds is 6. The summed E-state index contributed by atoms with van der Waals surface area (Å²) in [5.74, 6) is 1.88. The molecule has 2 heterocycles. The molecule has 1 unspecified atom stereocenters. The van der Waals surface area contributed by atoms with Crippen LogP contribution in [0.3, 0.4) is 0 Å². The molecule has 1 aromatic heterocycles. The fraction of sp³-hybridized carbons (Fsp3) is 0.400. The zero-order valence-corrected chi connectivity index (χ0v) is 17.4. The smallest absolute Gasteiger partial charge is 0.253 e. The summed E-state index contributed by atoms with van der Waals surface area (Å²) in [6.45, 7) is 7.58. The standard InChI is InChI=1S/C25H30N2O2/c1-3-27(4-2)25(28)20-11-9-18(10-12-20)23(19-13-15-26-16-14-19)24-22-8-6-5-7-21(22)17-29-24/h5-12,17,19,23,26H,3-4,13-16H2,1-2H3. The van der Waals surface area contributed by atoms with Crippen molar-refractivity contribution in [1.29, 1.82) is 0 Å². The van der Waals surface area contributed by atoms with E-state index in [9.17, 15) is 4.79 Å². The molecule has 1 aliphatic rings. The molecule has 0 spiro atoms. The van der Waals surface area contributed by atoms with Gasteiger partial charge in [0.1, 0.15) is 5.76 Å². The molecule has 2 aromatic carbocycles. The molecule has 4 rings (SSSR count). The third-order valence-corrected chi connectivity index (χ3v) is 6.24. The summed E-state index contributed by atoms with van der Waals surface area (Å²) in [5, 5.41) is 5.81. The van der Waals surface area contributed by atoms with Gasteiger partial charge in [0, 0.05) is 35.3 Å². The molecular weight excluding hydrogens is 360 g/mol. The maximum Gasteiger partial charge on any atom is 0.253 e. The van der Waals surface area contributed by atoms with E-state index in [0.29, 0.717) is 5.92 Å². The summed E-state index contributed by atoms with van der Waals surface area (Å²) < 4.78 is 6.14. The molecule has 152 valence electrons. The van der Waals surface area contributed by atoms with E-state index in [1.807, 2.05) is 37.1 Å². The Balaban J connectivity index is 1.71. The minimum atomic E-state index is 0.100. The first-order valence-corrected chi connectivity index (χ1v) is 10.8. The Bertz CT molecular complexity index is 950. The van der Waals surface area contributed by atoms with Crippen LogP contribution in [-0.2, 0) is 0 Å². The van der Waals surface area contributed by atoms with Gasteiger partial charge in [-0.3, -0.25) is 4.79 Å².